The second-order valence-corrected chi connectivity index (χ2v) is 5.22. The van der Waals surface area contributed by atoms with E-state index in [1.54, 1.807) is 5.56 Å². The standard InChI is InChI=1S/C14H20ClN/c1-11(6-7-15)9-16-10-13-8-12-4-2-3-5-14(12)13/h2-5,11,13,16H,6-10H2,1H3. The maximum atomic E-state index is 5.72. The van der Waals surface area contributed by atoms with E-state index in [9.17, 15) is 0 Å². The molecule has 0 heterocycles. The molecule has 1 N–H and O–H groups in total. The fourth-order valence-electron chi connectivity index (χ4n) is 2.34. The summed E-state index contributed by atoms with van der Waals surface area (Å²) >= 11 is 5.72. The number of alkyl halides is 1. The highest BCUT2D eigenvalue weighted by molar-refractivity contribution is 6.17. The van der Waals surface area contributed by atoms with Gasteiger partial charge in [-0.2, -0.15) is 0 Å². The lowest BCUT2D eigenvalue weighted by Gasteiger charge is -2.30. The number of rotatable bonds is 6. The van der Waals surface area contributed by atoms with E-state index in [0.29, 0.717) is 5.92 Å². The fourth-order valence-corrected chi connectivity index (χ4v) is 2.71. The number of fused-ring (bicyclic) bond motifs is 1. The zero-order chi connectivity index (χ0) is 11.4. The monoisotopic (exact) mass is 237 g/mol. The van der Waals surface area contributed by atoms with E-state index in [2.05, 4.69) is 36.5 Å². The summed E-state index contributed by atoms with van der Waals surface area (Å²) in [5, 5.41) is 3.55. The predicted octanol–water partition coefficient (Wildman–Crippen LogP) is 3.18. The number of nitrogens with one attached hydrogen (secondary N) is 1. The average molecular weight is 238 g/mol. The zero-order valence-electron chi connectivity index (χ0n) is 9.88. The lowest BCUT2D eigenvalue weighted by atomic mass is 9.77. The van der Waals surface area contributed by atoms with Gasteiger partial charge in [0.05, 0.1) is 0 Å². The molecule has 1 aromatic carbocycles. The van der Waals surface area contributed by atoms with E-state index in [4.69, 9.17) is 11.6 Å². The van der Waals surface area contributed by atoms with Crippen LogP contribution in [0.2, 0.25) is 0 Å². The summed E-state index contributed by atoms with van der Waals surface area (Å²) in [6.07, 6.45) is 2.35. The Hall–Kier alpha value is -0.530. The van der Waals surface area contributed by atoms with Gasteiger partial charge in [0.15, 0.2) is 0 Å². The van der Waals surface area contributed by atoms with Gasteiger partial charge in [-0.3, -0.25) is 0 Å². The van der Waals surface area contributed by atoms with Crippen LogP contribution >= 0.6 is 11.6 Å². The smallest absolute Gasteiger partial charge is 0.0226 e. The molecule has 0 radical (unpaired) electrons. The van der Waals surface area contributed by atoms with Crippen molar-refractivity contribution in [2.24, 2.45) is 5.92 Å². The Morgan fingerprint density at radius 1 is 1.44 bits per heavy atom. The zero-order valence-corrected chi connectivity index (χ0v) is 10.6. The van der Waals surface area contributed by atoms with Crippen molar-refractivity contribution in [3.8, 4) is 0 Å². The SMILES string of the molecule is CC(CCCl)CNCC1Cc2ccccc21. The first-order valence-corrected chi connectivity index (χ1v) is 6.69. The Balaban J connectivity index is 1.70. The van der Waals surface area contributed by atoms with Crippen molar-refractivity contribution in [3.05, 3.63) is 35.4 Å². The molecule has 2 atom stereocenters. The van der Waals surface area contributed by atoms with Crippen molar-refractivity contribution in [2.45, 2.75) is 25.7 Å². The van der Waals surface area contributed by atoms with E-state index in [1.165, 1.54) is 12.0 Å². The molecule has 1 aromatic rings. The number of hydrogen-bond acceptors (Lipinski definition) is 1. The minimum Gasteiger partial charge on any atom is -0.316 e. The molecule has 2 rings (SSSR count). The molecular weight excluding hydrogens is 218 g/mol. The molecule has 0 spiro atoms. The molecule has 1 aliphatic carbocycles. The molecule has 0 amide bonds. The van der Waals surface area contributed by atoms with Gasteiger partial charge in [0.2, 0.25) is 0 Å². The van der Waals surface area contributed by atoms with Crippen LogP contribution in [0.15, 0.2) is 24.3 Å². The first-order valence-electron chi connectivity index (χ1n) is 6.15. The quantitative estimate of drug-likeness (QED) is 0.750. The molecule has 0 fully saturated rings. The summed E-state index contributed by atoms with van der Waals surface area (Å²) in [7, 11) is 0. The van der Waals surface area contributed by atoms with E-state index in [0.717, 1.165) is 31.3 Å². The van der Waals surface area contributed by atoms with Crippen molar-refractivity contribution in [3.63, 3.8) is 0 Å². The first kappa shape index (κ1) is 11.9. The van der Waals surface area contributed by atoms with Crippen LogP contribution in [0.5, 0.6) is 0 Å². The molecule has 2 heteroatoms. The van der Waals surface area contributed by atoms with Crippen LogP contribution in [0.3, 0.4) is 0 Å². The lowest BCUT2D eigenvalue weighted by Crippen LogP contribution is -2.31. The third-order valence-electron chi connectivity index (χ3n) is 3.45. The molecule has 0 saturated heterocycles. The summed E-state index contributed by atoms with van der Waals surface area (Å²) in [4.78, 5) is 0. The minimum absolute atomic E-state index is 0.688. The molecule has 0 aliphatic heterocycles. The van der Waals surface area contributed by atoms with Gasteiger partial charge in [-0.1, -0.05) is 31.2 Å². The van der Waals surface area contributed by atoms with E-state index < -0.39 is 0 Å². The van der Waals surface area contributed by atoms with Gasteiger partial charge >= 0.3 is 0 Å². The Morgan fingerprint density at radius 3 is 3.00 bits per heavy atom. The van der Waals surface area contributed by atoms with Gasteiger partial charge in [0.1, 0.15) is 0 Å². The molecule has 1 nitrogen and oxygen atoms in total. The molecule has 16 heavy (non-hydrogen) atoms. The second-order valence-electron chi connectivity index (χ2n) is 4.84. The van der Waals surface area contributed by atoms with Crippen molar-refractivity contribution in [1.82, 2.24) is 5.32 Å². The van der Waals surface area contributed by atoms with Crippen LogP contribution in [0.4, 0.5) is 0 Å². The first-order chi connectivity index (χ1) is 7.81. The van der Waals surface area contributed by atoms with Crippen LogP contribution in [0, 0.1) is 5.92 Å². The maximum Gasteiger partial charge on any atom is 0.0226 e. The number of benzene rings is 1. The molecule has 1 aliphatic rings. The fraction of sp³-hybridized carbons (Fsp3) is 0.571. The lowest BCUT2D eigenvalue weighted by molar-refractivity contribution is 0.465. The summed E-state index contributed by atoms with van der Waals surface area (Å²) in [6.45, 7) is 4.46. The van der Waals surface area contributed by atoms with Crippen LogP contribution in [-0.2, 0) is 6.42 Å². The third-order valence-corrected chi connectivity index (χ3v) is 3.66. The van der Waals surface area contributed by atoms with Crippen molar-refractivity contribution < 1.29 is 0 Å². The topological polar surface area (TPSA) is 12.0 Å². The van der Waals surface area contributed by atoms with E-state index in [1.807, 2.05) is 0 Å². The van der Waals surface area contributed by atoms with E-state index >= 15 is 0 Å². The van der Waals surface area contributed by atoms with Crippen LogP contribution < -0.4 is 5.32 Å². The molecule has 0 saturated carbocycles. The third kappa shape index (κ3) is 2.78. The van der Waals surface area contributed by atoms with Gasteiger partial charge in [-0.15, -0.1) is 11.6 Å². The minimum atomic E-state index is 0.688. The van der Waals surface area contributed by atoms with Crippen LogP contribution in [0.25, 0.3) is 0 Å². The average Bonchev–Trinajstić information content (AvgIpc) is 2.25. The highest BCUT2D eigenvalue weighted by Crippen LogP contribution is 2.33. The summed E-state index contributed by atoms with van der Waals surface area (Å²) in [5.41, 5.74) is 3.07. The summed E-state index contributed by atoms with van der Waals surface area (Å²) in [6, 6.07) is 8.77. The maximum absolute atomic E-state index is 5.72. The Labute approximate surface area is 103 Å². The Bertz CT molecular complexity index is 337. The summed E-state index contributed by atoms with van der Waals surface area (Å²) in [5.74, 6) is 2.20. The number of hydrogen-bond donors (Lipinski definition) is 1. The highest BCUT2D eigenvalue weighted by Gasteiger charge is 2.24. The molecule has 0 aromatic heterocycles. The second kappa shape index (κ2) is 5.70. The van der Waals surface area contributed by atoms with Gasteiger partial charge in [0, 0.05) is 18.3 Å². The largest absolute Gasteiger partial charge is 0.316 e. The van der Waals surface area contributed by atoms with Gasteiger partial charge < -0.3 is 5.32 Å². The van der Waals surface area contributed by atoms with Crippen molar-refractivity contribution in [1.29, 1.82) is 0 Å². The normalized spacial score (nSPS) is 20.0. The molecule has 88 valence electrons. The van der Waals surface area contributed by atoms with Crippen molar-refractivity contribution >= 4 is 11.6 Å². The number of halogens is 1. The Morgan fingerprint density at radius 2 is 2.25 bits per heavy atom. The van der Waals surface area contributed by atoms with E-state index in [-0.39, 0.29) is 0 Å². The molecule has 2 unspecified atom stereocenters. The van der Waals surface area contributed by atoms with Crippen molar-refractivity contribution in [2.75, 3.05) is 19.0 Å². The van der Waals surface area contributed by atoms with Gasteiger partial charge in [-0.25, -0.2) is 0 Å². The van der Waals surface area contributed by atoms with Gasteiger partial charge in [0.25, 0.3) is 0 Å². The highest BCUT2D eigenvalue weighted by atomic mass is 35.5. The van der Waals surface area contributed by atoms with Crippen LogP contribution in [0.1, 0.15) is 30.4 Å². The Kier molecular flexibility index (Phi) is 4.25. The predicted molar refractivity (Wildman–Crippen MR) is 70.3 cm³/mol. The van der Waals surface area contributed by atoms with Gasteiger partial charge in [-0.05, 0) is 36.4 Å². The molecule has 0 bridgehead atoms. The summed E-state index contributed by atoms with van der Waals surface area (Å²) < 4.78 is 0. The molecular formula is C14H20ClN. The van der Waals surface area contributed by atoms with Crippen LogP contribution in [-0.4, -0.2) is 19.0 Å².